The van der Waals surface area contributed by atoms with E-state index in [-0.39, 0.29) is 5.41 Å². The SMILES string of the molecule is C[C@H](NC(=O)c1ccc(C(C)(C)C)cc1)C(=O)N[C@@H](C(=O)O)[C@H](C)O. The number of aliphatic hydroxyl groups excluding tert-OH is 1. The highest BCUT2D eigenvalue weighted by Gasteiger charge is 2.27. The van der Waals surface area contributed by atoms with Crippen LogP contribution in [0.2, 0.25) is 0 Å². The molecule has 1 aromatic rings. The number of carboxylic acid groups (broad SMARTS) is 1. The Morgan fingerprint density at radius 2 is 1.52 bits per heavy atom. The molecule has 0 heterocycles. The van der Waals surface area contributed by atoms with Crippen LogP contribution in [0.25, 0.3) is 0 Å². The van der Waals surface area contributed by atoms with Crippen LogP contribution in [-0.2, 0) is 15.0 Å². The molecule has 0 unspecified atom stereocenters. The van der Waals surface area contributed by atoms with Gasteiger partial charge in [0.05, 0.1) is 6.10 Å². The van der Waals surface area contributed by atoms with Crippen molar-refractivity contribution >= 4 is 17.8 Å². The molecule has 0 bridgehead atoms. The summed E-state index contributed by atoms with van der Waals surface area (Å²) in [4.78, 5) is 35.2. The molecular formula is C18H26N2O5. The minimum absolute atomic E-state index is 0.0327. The van der Waals surface area contributed by atoms with Gasteiger partial charge in [0.25, 0.3) is 5.91 Å². The van der Waals surface area contributed by atoms with Crippen LogP contribution < -0.4 is 10.6 Å². The molecule has 138 valence electrons. The van der Waals surface area contributed by atoms with E-state index in [2.05, 4.69) is 31.4 Å². The molecule has 0 spiro atoms. The maximum Gasteiger partial charge on any atom is 0.328 e. The summed E-state index contributed by atoms with van der Waals surface area (Å²) in [7, 11) is 0. The Morgan fingerprint density at radius 3 is 1.92 bits per heavy atom. The van der Waals surface area contributed by atoms with E-state index < -0.39 is 36.0 Å². The van der Waals surface area contributed by atoms with Crippen LogP contribution in [0.3, 0.4) is 0 Å². The standard InChI is InChI=1S/C18H26N2O5/c1-10(15(22)20-14(11(2)21)17(24)25)19-16(23)12-6-8-13(9-7-12)18(3,4)5/h6-11,14,21H,1-5H3,(H,19,23)(H,20,22)(H,24,25)/t10-,11-,14+/m0/s1. The quantitative estimate of drug-likeness (QED) is 0.612. The summed E-state index contributed by atoms with van der Waals surface area (Å²) < 4.78 is 0. The Hall–Kier alpha value is -2.41. The highest BCUT2D eigenvalue weighted by atomic mass is 16.4. The Kier molecular flexibility index (Phi) is 6.70. The molecule has 0 aliphatic rings. The van der Waals surface area contributed by atoms with Crippen molar-refractivity contribution in [2.24, 2.45) is 0 Å². The number of nitrogens with one attached hydrogen (secondary N) is 2. The molecule has 2 amide bonds. The molecule has 0 aliphatic heterocycles. The Bertz CT molecular complexity index is 632. The van der Waals surface area contributed by atoms with Crippen LogP contribution >= 0.6 is 0 Å². The third-order valence-electron chi connectivity index (χ3n) is 3.80. The third kappa shape index (κ3) is 5.86. The summed E-state index contributed by atoms with van der Waals surface area (Å²) in [5, 5.41) is 23.1. The average Bonchev–Trinajstić information content (AvgIpc) is 2.50. The molecule has 0 aliphatic carbocycles. The number of amides is 2. The monoisotopic (exact) mass is 350 g/mol. The maximum absolute atomic E-state index is 12.2. The van der Waals surface area contributed by atoms with Gasteiger partial charge in [-0.05, 0) is 37.0 Å². The smallest absolute Gasteiger partial charge is 0.328 e. The van der Waals surface area contributed by atoms with Gasteiger partial charge in [0.1, 0.15) is 6.04 Å². The van der Waals surface area contributed by atoms with E-state index in [0.29, 0.717) is 5.56 Å². The lowest BCUT2D eigenvalue weighted by Gasteiger charge is -2.21. The highest BCUT2D eigenvalue weighted by molar-refractivity contribution is 5.98. The van der Waals surface area contributed by atoms with Crippen molar-refractivity contribution in [2.45, 2.75) is 58.2 Å². The van der Waals surface area contributed by atoms with Gasteiger partial charge < -0.3 is 20.8 Å². The van der Waals surface area contributed by atoms with Crippen molar-refractivity contribution in [3.8, 4) is 0 Å². The van der Waals surface area contributed by atoms with E-state index >= 15 is 0 Å². The first-order chi connectivity index (χ1) is 11.4. The minimum atomic E-state index is -1.43. The van der Waals surface area contributed by atoms with Gasteiger partial charge in [-0.2, -0.15) is 0 Å². The van der Waals surface area contributed by atoms with E-state index in [1.54, 1.807) is 12.1 Å². The van der Waals surface area contributed by atoms with Crippen molar-refractivity contribution in [2.75, 3.05) is 0 Å². The summed E-state index contributed by atoms with van der Waals surface area (Å²) in [6, 6.07) is 4.68. The van der Waals surface area contributed by atoms with Crippen LogP contribution in [0.4, 0.5) is 0 Å². The molecule has 0 aromatic heterocycles. The lowest BCUT2D eigenvalue weighted by Crippen LogP contribution is -2.53. The average molecular weight is 350 g/mol. The second-order valence-electron chi connectivity index (χ2n) is 7.09. The fourth-order valence-electron chi connectivity index (χ4n) is 2.13. The molecular weight excluding hydrogens is 324 g/mol. The Morgan fingerprint density at radius 1 is 1.00 bits per heavy atom. The summed E-state index contributed by atoms with van der Waals surface area (Å²) in [6.45, 7) is 8.90. The molecule has 0 saturated heterocycles. The van der Waals surface area contributed by atoms with Crippen LogP contribution in [0.15, 0.2) is 24.3 Å². The molecule has 0 fully saturated rings. The predicted molar refractivity (Wildman–Crippen MR) is 93.3 cm³/mol. The van der Waals surface area contributed by atoms with Gasteiger partial charge in [-0.3, -0.25) is 9.59 Å². The molecule has 0 saturated carbocycles. The van der Waals surface area contributed by atoms with Crippen molar-refractivity contribution in [1.82, 2.24) is 10.6 Å². The zero-order valence-electron chi connectivity index (χ0n) is 15.2. The number of carbonyl (C=O) groups is 3. The fourth-order valence-corrected chi connectivity index (χ4v) is 2.13. The molecule has 7 nitrogen and oxygen atoms in total. The van der Waals surface area contributed by atoms with Crippen molar-refractivity contribution in [1.29, 1.82) is 0 Å². The van der Waals surface area contributed by atoms with Crippen molar-refractivity contribution in [3.05, 3.63) is 35.4 Å². The van der Waals surface area contributed by atoms with E-state index in [0.717, 1.165) is 5.56 Å². The number of aliphatic carboxylic acids is 1. The second-order valence-corrected chi connectivity index (χ2v) is 7.09. The summed E-state index contributed by atoms with van der Waals surface area (Å²) in [5.41, 5.74) is 1.45. The maximum atomic E-state index is 12.2. The van der Waals surface area contributed by atoms with Gasteiger partial charge in [0.15, 0.2) is 6.04 Å². The van der Waals surface area contributed by atoms with Gasteiger partial charge in [0, 0.05) is 5.56 Å². The first kappa shape index (κ1) is 20.6. The Balaban J connectivity index is 2.72. The Labute approximate surface area is 147 Å². The zero-order valence-corrected chi connectivity index (χ0v) is 15.2. The second kappa shape index (κ2) is 8.11. The van der Waals surface area contributed by atoms with E-state index in [1.807, 2.05) is 12.1 Å². The first-order valence-corrected chi connectivity index (χ1v) is 8.06. The molecule has 4 N–H and O–H groups in total. The highest BCUT2D eigenvalue weighted by Crippen LogP contribution is 2.22. The van der Waals surface area contributed by atoms with Gasteiger partial charge in [-0.1, -0.05) is 32.9 Å². The number of rotatable bonds is 6. The van der Waals surface area contributed by atoms with Crippen LogP contribution in [0, 0.1) is 0 Å². The number of carboxylic acids is 1. The van der Waals surface area contributed by atoms with Gasteiger partial charge in [-0.15, -0.1) is 0 Å². The van der Waals surface area contributed by atoms with E-state index in [4.69, 9.17) is 5.11 Å². The lowest BCUT2D eigenvalue weighted by molar-refractivity contribution is -0.145. The number of hydrogen-bond acceptors (Lipinski definition) is 4. The summed E-state index contributed by atoms with van der Waals surface area (Å²) in [6.07, 6.45) is -1.26. The minimum Gasteiger partial charge on any atom is -0.480 e. The molecule has 25 heavy (non-hydrogen) atoms. The summed E-state index contributed by atoms with van der Waals surface area (Å²) >= 11 is 0. The van der Waals surface area contributed by atoms with Gasteiger partial charge >= 0.3 is 5.97 Å². The molecule has 3 atom stereocenters. The molecule has 0 radical (unpaired) electrons. The van der Waals surface area contributed by atoms with E-state index in [9.17, 15) is 19.5 Å². The molecule has 7 heteroatoms. The van der Waals surface area contributed by atoms with Crippen LogP contribution in [0.1, 0.15) is 50.5 Å². The lowest BCUT2D eigenvalue weighted by atomic mass is 9.86. The van der Waals surface area contributed by atoms with Crippen LogP contribution in [-0.4, -0.2) is 46.2 Å². The largest absolute Gasteiger partial charge is 0.480 e. The topological polar surface area (TPSA) is 116 Å². The molecule has 1 aromatic carbocycles. The van der Waals surface area contributed by atoms with Gasteiger partial charge in [-0.25, -0.2) is 4.79 Å². The van der Waals surface area contributed by atoms with Crippen molar-refractivity contribution in [3.63, 3.8) is 0 Å². The van der Waals surface area contributed by atoms with Crippen molar-refractivity contribution < 1.29 is 24.6 Å². The summed E-state index contributed by atoms with van der Waals surface area (Å²) in [5.74, 6) is -2.47. The number of benzene rings is 1. The number of aliphatic hydroxyl groups is 1. The fraction of sp³-hybridized carbons (Fsp3) is 0.500. The predicted octanol–water partition coefficient (Wildman–Crippen LogP) is 1.05. The van der Waals surface area contributed by atoms with Crippen LogP contribution in [0.5, 0.6) is 0 Å². The van der Waals surface area contributed by atoms with E-state index in [1.165, 1.54) is 13.8 Å². The third-order valence-corrected chi connectivity index (χ3v) is 3.80. The number of hydrogen-bond donors (Lipinski definition) is 4. The number of carbonyl (C=O) groups excluding carboxylic acids is 2. The normalized spacial score (nSPS) is 15.0. The first-order valence-electron chi connectivity index (χ1n) is 8.06. The zero-order chi connectivity index (χ0) is 19.4. The van der Waals surface area contributed by atoms with Gasteiger partial charge in [0.2, 0.25) is 5.91 Å². The molecule has 1 rings (SSSR count).